The Balaban J connectivity index is 2.21. The third-order valence-corrected chi connectivity index (χ3v) is 3.60. The summed E-state index contributed by atoms with van der Waals surface area (Å²) in [5, 5.41) is 10.4. The highest BCUT2D eigenvalue weighted by Gasteiger charge is 2.18. The Morgan fingerprint density at radius 3 is 2.55 bits per heavy atom. The monoisotopic (exact) mass is 297 g/mol. The average molecular weight is 297 g/mol. The van der Waals surface area contributed by atoms with Crippen LogP contribution in [0, 0.1) is 0 Å². The molecule has 1 heterocycles. The zero-order valence-corrected chi connectivity index (χ0v) is 12.2. The minimum Gasteiger partial charge on any atom is -0.493 e. The van der Waals surface area contributed by atoms with Gasteiger partial charge >= 0.3 is 5.97 Å². The van der Waals surface area contributed by atoms with E-state index < -0.39 is 5.97 Å². The van der Waals surface area contributed by atoms with Crippen LogP contribution in [-0.2, 0) is 0 Å². The fraction of sp³-hybridized carbons (Fsp3) is 0.118. The maximum atomic E-state index is 11.5. The number of rotatable bonds is 4. The highest BCUT2D eigenvalue weighted by atomic mass is 16.5. The average Bonchev–Trinajstić information content (AvgIpc) is 3.00. The standard InChI is InChI=1S/C17H15NO4/c1-21-15-9-12(8-13(17(19)20)16(15)22-2)10-3-4-14-11(7-10)5-6-18-14/h3-9,18H,1-2H3,(H,19,20). The number of carboxylic acid groups (broad SMARTS) is 1. The SMILES string of the molecule is COc1cc(-c2ccc3[nH]ccc3c2)cc(C(=O)O)c1OC. The molecule has 0 aliphatic heterocycles. The van der Waals surface area contributed by atoms with Crippen molar-refractivity contribution in [1.82, 2.24) is 4.98 Å². The molecule has 3 aromatic rings. The largest absolute Gasteiger partial charge is 0.493 e. The summed E-state index contributed by atoms with van der Waals surface area (Å²) in [5.41, 5.74) is 2.78. The topological polar surface area (TPSA) is 71.6 Å². The lowest BCUT2D eigenvalue weighted by Gasteiger charge is -2.13. The predicted octanol–water partition coefficient (Wildman–Crippen LogP) is 3.55. The van der Waals surface area contributed by atoms with E-state index >= 15 is 0 Å². The maximum absolute atomic E-state index is 11.5. The molecule has 22 heavy (non-hydrogen) atoms. The number of hydrogen-bond acceptors (Lipinski definition) is 3. The van der Waals surface area contributed by atoms with Crippen LogP contribution in [0.15, 0.2) is 42.6 Å². The Bertz CT molecular complexity index is 851. The second-order valence-corrected chi connectivity index (χ2v) is 4.84. The molecular weight excluding hydrogens is 282 g/mol. The van der Waals surface area contributed by atoms with Crippen molar-refractivity contribution in [2.75, 3.05) is 14.2 Å². The Morgan fingerprint density at radius 2 is 1.86 bits per heavy atom. The zero-order valence-electron chi connectivity index (χ0n) is 12.2. The van der Waals surface area contributed by atoms with Crippen molar-refractivity contribution >= 4 is 16.9 Å². The highest BCUT2D eigenvalue weighted by molar-refractivity contribution is 5.95. The van der Waals surface area contributed by atoms with Crippen molar-refractivity contribution in [3.8, 4) is 22.6 Å². The van der Waals surface area contributed by atoms with E-state index in [1.807, 2.05) is 30.5 Å². The van der Waals surface area contributed by atoms with Crippen molar-refractivity contribution < 1.29 is 19.4 Å². The summed E-state index contributed by atoms with van der Waals surface area (Å²) in [6, 6.07) is 11.2. The summed E-state index contributed by atoms with van der Waals surface area (Å²) in [6.07, 6.45) is 1.87. The summed E-state index contributed by atoms with van der Waals surface area (Å²) in [4.78, 5) is 14.6. The molecule has 112 valence electrons. The lowest BCUT2D eigenvalue weighted by atomic mass is 10.0. The number of H-pyrrole nitrogens is 1. The van der Waals surface area contributed by atoms with E-state index in [1.165, 1.54) is 14.2 Å². The smallest absolute Gasteiger partial charge is 0.339 e. The molecule has 0 bridgehead atoms. The zero-order chi connectivity index (χ0) is 15.7. The fourth-order valence-electron chi connectivity index (χ4n) is 2.52. The van der Waals surface area contributed by atoms with Gasteiger partial charge in [-0.3, -0.25) is 0 Å². The van der Waals surface area contributed by atoms with Gasteiger partial charge in [0.05, 0.1) is 14.2 Å². The van der Waals surface area contributed by atoms with Gasteiger partial charge < -0.3 is 19.6 Å². The van der Waals surface area contributed by atoms with E-state index in [0.29, 0.717) is 5.75 Å². The van der Waals surface area contributed by atoms with Crippen molar-refractivity contribution in [2.45, 2.75) is 0 Å². The molecule has 0 saturated carbocycles. The molecule has 0 fully saturated rings. The van der Waals surface area contributed by atoms with Crippen LogP contribution in [0.25, 0.3) is 22.0 Å². The molecule has 1 aromatic heterocycles. The number of nitrogens with one attached hydrogen (secondary N) is 1. The first-order valence-corrected chi connectivity index (χ1v) is 6.71. The summed E-state index contributed by atoms with van der Waals surface area (Å²) in [5.74, 6) is -0.437. The number of benzene rings is 2. The summed E-state index contributed by atoms with van der Waals surface area (Å²) < 4.78 is 10.4. The Kier molecular flexibility index (Phi) is 3.47. The van der Waals surface area contributed by atoms with Crippen molar-refractivity contribution in [3.63, 3.8) is 0 Å². The second kappa shape index (κ2) is 5.44. The predicted molar refractivity (Wildman–Crippen MR) is 83.8 cm³/mol. The van der Waals surface area contributed by atoms with Gasteiger partial charge in [0.25, 0.3) is 0 Å². The molecule has 0 spiro atoms. The lowest BCUT2D eigenvalue weighted by molar-refractivity contribution is 0.0692. The van der Waals surface area contributed by atoms with Gasteiger partial charge in [-0.15, -0.1) is 0 Å². The van der Waals surface area contributed by atoms with Crippen molar-refractivity contribution in [3.05, 3.63) is 48.2 Å². The van der Waals surface area contributed by atoms with Gasteiger partial charge in [0.1, 0.15) is 5.56 Å². The molecule has 0 atom stereocenters. The first kappa shape index (κ1) is 14.0. The summed E-state index contributed by atoms with van der Waals surface area (Å²) in [6.45, 7) is 0. The van der Waals surface area contributed by atoms with E-state index in [1.54, 1.807) is 12.1 Å². The van der Waals surface area contributed by atoms with E-state index in [0.717, 1.165) is 22.0 Å². The Hall–Kier alpha value is -2.95. The number of carbonyl (C=O) groups is 1. The van der Waals surface area contributed by atoms with Crippen LogP contribution in [0.2, 0.25) is 0 Å². The van der Waals surface area contributed by atoms with Crippen LogP contribution in [-0.4, -0.2) is 30.3 Å². The molecule has 2 aromatic carbocycles. The summed E-state index contributed by atoms with van der Waals surface area (Å²) >= 11 is 0. The molecule has 0 amide bonds. The van der Waals surface area contributed by atoms with Crippen LogP contribution >= 0.6 is 0 Å². The van der Waals surface area contributed by atoms with Crippen molar-refractivity contribution in [2.24, 2.45) is 0 Å². The Labute approximate surface area is 127 Å². The third-order valence-electron chi connectivity index (χ3n) is 3.60. The fourth-order valence-corrected chi connectivity index (χ4v) is 2.52. The van der Waals surface area contributed by atoms with E-state index in [4.69, 9.17) is 9.47 Å². The van der Waals surface area contributed by atoms with Crippen LogP contribution in [0.1, 0.15) is 10.4 Å². The first-order valence-electron chi connectivity index (χ1n) is 6.71. The first-order chi connectivity index (χ1) is 10.6. The number of aromatic amines is 1. The molecule has 5 heteroatoms. The number of aromatic nitrogens is 1. The molecule has 2 N–H and O–H groups in total. The summed E-state index contributed by atoms with van der Waals surface area (Å²) in [7, 11) is 2.92. The third kappa shape index (κ3) is 2.26. The van der Waals surface area contributed by atoms with Gasteiger partial charge in [-0.2, -0.15) is 0 Å². The van der Waals surface area contributed by atoms with Gasteiger partial charge in [0.2, 0.25) is 0 Å². The van der Waals surface area contributed by atoms with Crippen LogP contribution in [0.4, 0.5) is 0 Å². The minimum absolute atomic E-state index is 0.0750. The van der Waals surface area contributed by atoms with Crippen LogP contribution in [0.3, 0.4) is 0 Å². The van der Waals surface area contributed by atoms with E-state index in [-0.39, 0.29) is 11.3 Å². The number of methoxy groups -OCH3 is 2. The minimum atomic E-state index is -1.06. The second-order valence-electron chi connectivity index (χ2n) is 4.84. The molecular formula is C17H15NO4. The highest BCUT2D eigenvalue weighted by Crippen LogP contribution is 2.37. The van der Waals surface area contributed by atoms with Crippen molar-refractivity contribution in [1.29, 1.82) is 0 Å². The molecule has 3 rings (SSSR count). The number of hydrogen-bond donors (Lipinski definition) is 2. The van der Waals surface area contributed by atoms with Crippen LogP contribution < -0.4 is 9.47 Å². The molecule has 5 nitrogen and oxygen atoms in total. The van der Waals surface area contributed by atoms with Gasteiger partial charge in [-0.05, 0) is 46.8 Å². The molecule has 0 radical (unpaired) electrons. The molecule has 0 aliphatic carbocycles. The molecule has 0 unspecified atom stereocenters. The molecule has 0 saturated heterocycles. The van der Waals surface area contributed by atoms with Gasteiger partial charge in [0, 0.05) is 11.7 Å². The van der Waals surface area contributed by atoms with Gasteiger partial charge in [-0.1, -0.05) is 6.07 Å². The number of ether oxygens (including phenoxy) is 2. The maximum Gasteiger partial charge on any atom is 0.339 e. The number of aromatic carboxylic acids is 1. The Morgan fingerprint density at radius 1 is 1.05 bits per heavy atom. The van der Waals surface area contributed by atoms with Gasteiger partial charge in [0.15, 0.2) is 11.5 Å². The van der Waals surface area contributed by atoms with Gasteiger partial charge in [-0.25, -0.2) is 4.79 Å². The number of carboxylic acids is 1. The van der Waals surface area contributed by atoms with Crippen LogP contribution in [0.5, 0.6) is 11.5 Å². The number of fused-ring (bicyclic) bond motifs is 1. The quantitative estimate of drug-likeness (QED) is 0.772. The normalized spacial score (nSPS) is 10.6. The van der Waals surface area contributed by atoms with E-state index in [9.17, 15) is 9.90 Å². The van der Waals surface area contributed by atoms with E-state index in [2.05, 4.69) is 4.98 Å². The molecule has 0 aliphatic rings. The lowest BCUT2D eigenvalue weighted by Crippen LogP contribution is -2.03.